The van der Waals surface area contributed by atoms with Gasteiger partial charge in [0.15, 0.2) is 15.6 Å². The average molecular weight is 568 g/mol. The summed E-state index contributed by atoms with van der Waals surface area (Å²) in [7, 11) is -3.73. The van der Waals surface area contributed by atoms with E-state index < -0.39 is 21.4 Å². The highest BCUT2D eigenvalue weighted by Gasteiger charge is 2.24. The van der Waals surface area contributed by atoms with Crippen LogP contribution in [0.5, 0.6) is 5.75 Å². The molecule has 200 valence electrons. The predicted octanol–water partition coefficient (Wildman–Crippen LogP) is 5.47. The molecule has 3 aromatic rings. The molecule has 1 aromatic heterocycles. The lowest BCUT2D eigenvalue weighted by Gasteiger charge is -2.11. The fraction of sp³-hybridized carbons (Fsp3) is 0.407. The number of sulfone groups is 1. The van der Waals surface area contributed by atoms with Crippen molar-refractivity contribution in [3.05, 3.63) is 62.8 Å². The number of rotatable bonds is 12. The molecule has 0 aliphatic rings. The van der Waals surface area contributed by atoms with Crippen molar-refractivity contribution >= 4 is 55.6 Å². The fourth-order valence-corrected chi connectivity index (χ4v) is 5.41. The number of Topliss-reactive ketones (excluding diaryl/α,β-unsaturated/α-hetero) is 1. The molecule has 0 unspecified atom stereocenters. The van der Waals surface area contributed by atoms with E-state index in [0.717, 1.165) is 27.8 Å². The number of hydrogen-bond donors (Lipinski definition) is 2. The van der Waals surface area contributed by atoms with E-state index in [0.29, 0.717) is 35.0 Å². The highest BCUT2D eigenvalue weighted by atomic mass is 35.5. The predicted molar refractivity (Wildman–Crippen MR) is 149 cm³/mol. The van der Waals surface area contributed by atoms with Gasteiger partial charge < -0.3 is 15.0 Å². The lowest BCUT2D eigenvalue weighted by atomic mass is 10.0. The van der Waals surface area contributed by atoms with Gasteiger partial charge >= 0.3 is 0 Å². The Morgan fingerprint density at radius 3 is 2.41 bits per heavy atom. The molecule has 37 heavy (non-hydrogen) atoms. The molecule has 0 saturated heterocycles. The third-order valence-electron chi connectivity index (χ3n) is 5.98. The highest BCUT2D eigenvalue weighted by molar-refractivity contribution is 7.92. The van der Waals surface area contributed by atoms with Gasteiger partial charge in [-0.1, -0.05) is 43.1 Å². The molecule has 0 atom stereocenters. The summed E-state index contributed by atoms with van der Waals surface area (Å²) in [5.41, 5.74) is 3.51. The first-order chi connectivity index (χ1) is 17.4. The number of nitrogens with one attached hydrogen (secondary N) is 2. The molecule has 0 spiro atoms. The summed E-state index contributed by atoms with van der Waals surface area (Å²) < 4.78 is 31.1. The van der Waals surface area contributed by atoms with E-state index in [2.05, 4.69) is 10.3 Å². The van der Waals surface area contributed by atoms with E-state index in [9.17, 15) is 18.0 Å². The number of fused-ring (bicyclic) bond motifs is 1. The SMILES string of the molecule is Cc1cc(OCCCc2c(C(=O)CS(=O)(=O)CCNC(=O)C(C)C)[nH]c3cc(Cl)ccc23)cc(C)c1Cl. The number of halogens is 2. The van der Waals surface area contributed by atoms with Gasteiger partial charge in [-0.2, -0.15) is 0 Å². The van der Waals surface area contributed by atoms with E-state index in [4.69, 9.17) is 27.9 Å². The monoisotopic (exact) mass is 566 g/mol. The normalized spacial score (nSPS) is 11.8. The first-order valence-electron chi connectivity index (χ1n) is 12.1. The van der Waals surface area contributed by atoms with Crippen LogP contribution in [0.3, 0.4) is 0 Å². The summed E-state index contributed by atoms with van der Waals surface area (Å²) in [6, 6.07) is 9.03. The zero-order chi connectivity index (χ0) is 27.3. The molecule has 0 radical (unpaired) electrons. The van der Waals surface area contributed by atoms with Crippen LogP contribution in [-0.4, -0.2) is 49.7 Å². The zero-order valence-corrected chi connectivity index (χ0v) is 23.7. The molecular weight excluding hydrogens is 535 g/mol. The number of ether oxygens (including phenoxy) is 1. The molecular formula is C27H32Cl2N2O5S. The second-order valence-corrected chi connectivity index (χ2v) is 12.5. The topological polar surface area (TPSA) is 105 Å². The molecule has 10 heteroatoms. The number of amides is 1. The van der Waals surface area contributed by atoms with Crippen LogP contribution in [0.1, 0.15) is 47.4 Å². The fourth-order valence-electron chi connectivity index (χ4n) is 4.03. The molecule has 0 saturated carbocycles. The maximum Gasteiger partial charge on any atom is 0.222 e. The van der Waals surface area contributed by atoms with Crippen LogP contribution in [0.4, 0.5) is 0 Å². The number of carbonyl (C=O) groups is 2. The van der Waals surface area contributed by atoms with Crippen molar-refractivity contribution in [3.63, 3.8) is 0 Å². The lowest BCUT2D eigenvalue weighted by Crippen LogP contribution is -2.33. The minimum Gasteiger partial charge on any atom is -0.494 e. The van der Waals surface area contributed by atoms with Gasteiger partial charge in [-0.25, -0.2) is 8.42 Å². The van der Waals surface area contributed by atoms with E-state index in [-0.39, 0.29) is 29.8 Å². The smallest absolute Gasteiger partial charge is 0.222 e. The Hall–Kier alpha value is -2.55. The van der Waals surface area contributed by atoms with E-state index >= 15 is 0 Å². The molecule has 0 bridgehead atoms. The molecule has 0 fully saturated rings. The Morgan fingerprint density at radius 1 is 1.08 bits per heavy atom. The van der Waals surface area contributed by atoms with Gasteiger partial charge in [-0.15, -0.1) is 0 Å². The first-order valence-corrected chi connectivity index (χ1v) is 14.7. The van der Waals surface area contributed by atoms with Crippen molar-refractivity contribution < 1.29 is 22.7 Å². The summed E-state index contributed by atoms with van der Waals surface area (Å²) in [5.74, 6) is -1.26. The number of ketones is 1. The summed E-state index contributed by atoms with van der Waals surface area (Å²) in [5, 5.41) is 4.60. The van der Waals surface area contributed by atoms with Gasteiger partial charge in [0, 0.05) is 33.4 Å². The summed E-state index contributed by atoms with van der Waals surface area (Å²) in [4.78, 5) is 27.9. The van der Waals surface area contributed by atoms with Gasteiger partial charge in [0.2, 0.25) is 5.91 Å². The Kier molecular flexibility index (Phi) is 9.67. The largest absolute Gasteiger partial charge is 0.494 e. The summed E-state index contributed by atoms with van der Waals surface area (Å²) in [6.45, 7) is 7.65. The molecule has 1 amide bonds. The number of carbonyl (C=O) groups excluding carboxylic acids is 2. The van der Waals surface area contributed by atoms with Crippen LogP contribution in [0.15, 0.2) is 30.3 Å². The molecule has 1 heterocycles. The average Bonchev–Trinajstić information content (AvgIpc) is 3.17. The van der Waals surface area contributed by atoms with Crippen LogP contribution in [-0.2, 0) is 21.1 Å². The minimum absolute atomic E-state index is 0.0389. The second kappa shape index (κ2) is 12.3. The third-order valence-corrected chi connectivity index (χ3v) is 8.34. The Bertz CT molecular complexity index is 1390. The first kappa shape index (κ1) is 29.0. The van der Waals surface area contributed by atoms with Crippen LogP contribution in [0.25, 0.3) is 10.9 Å². The van der Waals surface area contributed by atoms with Crippen molar-refractivity contribution in [2.75, 3.05) is 24.7 Å². The standard InChI is InChI=1S/C27H32Cl2N2O5S/c1-16(2)27(33)30-9-11-37(34,35)15-24(32)26-22(21-8-7-19(28)14-23(21)31-26)6-5-10-36-20-12-17(3)25(29)18(4)13-20/h7-8,12-14,16,31H,5-6,9-11,15H2,1-4H3,(H,30,33). The Labute approximate surface area is 227 Å². The molecule has 0 aliphatic heterocycles. The van der Waals surface area contributed by atoms with Crippen molar-refractivity contribution in [2.45, 2.75) is 40.5 Å². The second-order valence-electron chi connectivity index (χ2n) is 9.45. The van der Waals surface area contributed by atoms with Crippen molar-refractivity contribution in [1.82, 2.24) is 10.3 Å². The summed E-state index contributed by atoms with van der Waals surface area (Å²) in [6.07, 6.45) is 1.10. The van der Waals surface area contributed by atoms with Crippen LogP contribution in [0.2, 0.25) is 10.0 Å². The minimum atomic E-state index is -3.73. The van der Waals surface area contributed by atoms with Crippen molar-refractivity contribution in [2.24, 2.45) is 5.92 Å². The molecule has 3 rings (SSSR count). The number of H-pyrrole nitrogens is 1. The maximum absolute atomic E-state index is 13.1. The van der Waals surface area contributed by atoms with E-state index in [1.54, 1.807) is 26.0 Å². The van der Waals surface area contributed by atoms with Crippen molar-refractivity contribution in [1.29, 1.82) is 0 Å². The van der Waals surface area contributed by atoms with E-state index in [1.807, 2.05) is 32.0 Å². The Balaban J connectivity index is 1.72. The lowest BCUT2D eigenvalue weighted by molar-refractivity contribution is -0.123. The van der Waals surface area contributed by atoms with Gasteiger partial charge in [-0.3, -0.25) is 9.59 Å². The van der Waals surface area contributed by atoms with Crippen LogP contribution >= 0.6 is 23.2 Å². The van der Waals surface area contributed by atoms with Crippen LogP contribution in [0, 0.1) is 19.8 Å². The third kappa shape index (κ3) is 7.72. The number of aryl methyl sites for hydroxylation is 3. The molecule has 2 aromatic carbocycles. The summed E-state index contributed by atoms with van der Waals surface area (Å²) >= 11 is 12.4. The number of aromatic nitrogens is 1. The number of aromatic amines is 1. The number of benzene rings is 2. The maximum atomic E-state index is 13.1. The molecule has 2 N–H and O–H groups in total. The number of hydrogen-bond acceptors (Lipinski definition) is 5. The Morgan fingerprint density at radius 2 is 1.76 bits per heavy atom. The molecule has 7 nitrogen and oxygen atoms in total. The zero-order valence-electron chi connectivity index (χ0n) is 21.4. The van der Waals surface area contributed by atoms with Gasteiger partial charge in [0.25, 0.3) is 0 Å². The van der Waals surface area contributed by atoms with E-state index in [1.165, 1.54) is 0 Å². The van der Waals surface area contributed by atoms with Gasteiger partial charge in [0.05, 0.1) is 18.1 Å². The van der Waals surface area contributed by atoms with Crippen LogP contribution < -0.4 is 10.1 Å². The van der Waals surface area contributed by atoms with Gasteiger partial charge in [0.1, 0.15) is 11.5 Å². The molecule has 0 aliphatic carbocycles. The van der Waals surface area contributed by atoms with Crippen molar-refractivity contribution in [3.8, 4) is 5.75 Å². The highest BCUT2D eigenvalue weighted by Crippen LogP contribution is 2.28. The quantitative estimate of drug-likeness (QED) is 0.223. The van der Waals surface area contributed by atoms with Gasteiger partial charge in [-0.05, 0) is 67.6 Å².